The molecule has 1 aliphatic heterocycles. The number of nitrogens with one attached hydrogen (secondary N) is 1. The number of fused-ring (bicyclic) bond motifs is 1. The molecular weight excluding hydrogens is 458 g/mol. The zero-order chi connectivity index (χ0) is 24.2. The van der Waals surface area contributed by atoms with Crippen molar-refractivity contribution in [2.75, 3.05) is 44.2 Å². The normalized spacial score (nSPS) is 14.3. The lowest BCUT2D eigenvalue weighted by Crippen LogP contribution is -2.48. The fourth-order valence-electron chi connectivity index (χ4n) is 4.51. The van der Waals surface area contributed by atoms with E-state index in [0.29, 0.717) is 12.1 Å². The van der Waals surface area contributed by atoms with Crippen LogP contribution in [0.2, 0.25) is 5.02 Å². The minimum atomic E-state index is -0.0781. The molecule has 3 heterocycles. The van der Waals surface area contributed by atoms with E-state index in [1.807, 2.05) is 61.5 Å². The molecule has 0 atom stereocenters. The van der Waals surface area contributed by atoms with Crippen molar-refractivity contribution in [1.82, 2.24) is 20.2 Å². The molecule has 0 bridgehead atoms. The van der Waals surface area contributed by atoms with Gasteiger partial charge in [-0.1, -0.05) is 29.3 Å². The highest BCUT2D eigenvalue weighted by Gasteiger charge is 2.18. The molecule has 4 aromatic rings. The predicted molar refractivity (Wildman–Crippen MR) is 142 cm³/mol. The van der Waals surface area contributed by atoms with Crippen molar-refractivity contribution in [1.29, 1.82) is 0 Å². The molecule has 0 spiro atoms. The molecule has 2 aromatic heterocycles. The molecule has 1 fully saturated rings. The Morgan fingerprint density at radius 1 is 1.03 bits per heavy atom. The van der Waals surface area contributed by atoms with Crippen LogP contribution in [0.15, 0.2) is 73.1 Å². The Morgan fingerprint density at radius 2 is 1.89 bits per heavy atom. The number of amides is 1. The molecule has 1 aliphatic rings. The van der Waals surface area contributed by atoms with Crippen molar-refractivity contribution in [3.8, 4) is 11.3 Å². The van der Waals surface area contributed by atoms with Crippen molar-refractivity contribution in [2.24, 2.45) is 0 Å². The van der Waals surface area contributed by atoms with Gasteiger partial charge in [0.2, 0.25) is 0 Å². The molecule has 0 unspecified atom stereocenters. The number of pyridine rings is 2. The van der Waals surface area contributed by atoms with E-state index in [1.54, 1.807) is 12.4 Å². The largest absolute Gasteiger partial charge is 0.369 e. The maximum Gasteiger partial charge on any atom is 0.252 e. The van der Waals surface area contributed by atoms with Gasteiger partial charge in [0.15, 0.2) is 0 Å². The summed E-state index contributed by atoms with van der Waals surface area (Å²) >= 11 is 6.15. The maximum atomic E-state index is 13.3. The molecule has 2 aromatic carbocycles. The van der Waals surface area contributed by atoms with E-state index in [-0.39, 0.29) is 5.91 Å². The second kappa shape index (κ2) is 10.4. The van der Waals surface area contributed by atoms with Gasteiger partial charge in [0.25, 0.3) is 5.91 Å². The first kappa shape index (κ1) is 23.3. The highest BCUT2D eigenvalue weighted by molar-refractivity contribution is 6.30. The van der Waals surface area contributed by atoms with E-state index < -0.39 is 0 Å². The number of aromatic nitrogens is 2. The first-order chi connectivity index (χ1) is 17.1. The van der Waals surface area contributed by atoms with Crippen molar-refractivity contribution < 1.29 is 4.79 Å². The summed E-state index contributed by atoms with van der Waals surface area (Å²) in [5.41, 5.74) is 5.34. The van der Waals surface area contributed by atoms with Crippen LogP contribution in [0.25, 0.3) is 22.2 Å². The summed E-state index contributed by atoms with van der Waals surface area (Å²) in [6.45, 7) is 7.21. The lowest BCUT2D eigenvalue weighted by Gasteiger charge is -2.36. The van der Waals surface area contributed by atoms with E-state index in [9.17, 15) is 4.79 Å². The summed E-state index contributed by atoms with van der Waals surface area (Å²) in [7, 11) is 0. The molecule has 7 heteroatoms. The summed E-state index contributed by atoms with van der Waals surface area (Å²) in [5, 5.41) is 4.76. The average molecular weight is 486 g/mol. The van der Waals surface area contributed by atoms with Crippen LogP contribution in [0, 0.1) is 6.92 Å². The van der Waals surface area contributed by atoms with Gasteiger partial charge in [-0.25, -0.2) is 4.98 Å². The number of rotatable bonds is 6. The van der Waals surface area contributed by atoms with E-state index >= 15 is 0 Å². The van der Waals surface area contributed by atoms with Gasteiger partial charge in [0.05, 0.1) is 16.8 Å². The lowest BCUT2D eigenvalue weighted by atomic mass is 10.0. The number of nitrogens with zero attached hydrogens (tertiary/aromatic N) is 4. The third-order valence-corrected chi connectivity index (χ3v) is 6.66. The summed E-state index contributed by atoms with van der Waals surface area (Å²) < 4.78 is 0. The molecule has 0 saturated carbocycles. The van der Waals surface area contributed by atoms with E-state index in [1.165, 1.54) is 0 Å². The zero-order valence-electron chi connectivity index (χ0n) is 19.7. The third-order valence-electron chi connectivity index (χ3n) is 6.43. The van der Waals surface area contributed by atoms with Crippen molar-refractivity contribution in [3.63, 3.8) is 0 Å². The second-order valence-electron chi connectivity index (χ2n) is 8.88. The second-order valence-corrected chi connectivity index (χ2v) is 9.32. The van der Waals surface area contributed by atoms with Crippen LogP contribution in [-0.4, -0.2) is 60.0 Å². The first-order valence-corrected chi connectivity index (χ1v) is 12.3. The Bertz CT molecular complexity index is 1340. The van der Waals surface area contributed by atoms with Gasteiger partial charge in [-0.05, 0) is 55.5 Å². The van der Waals surface area contributed by atoms with Crippen molar-refractivity contribution in [3.05, 3.63) is 89.2 Å². The third kappa shape index (κ3) is 5.45. The first-order valence-electron chi connectivity index (χ1n) is 11.9. The Hall–Kier alpha value is -3.48. The summed E-state index contributed by atoms with van der Waals surface area (Å²) in [4.78, 5) is 27.0. The molecule has 6 nitrogen and oxygen atoms in total. The van der Waals surface area contributed by atoms with Gasteiger partial charge in [0.1, 0.15) is 0 Å². The van der Waals surface area contributed by atoms with Gasteiger partial charge in [0, 0.05) is 73.3 Å². The summed E-state index contributed by atoms with van der Waals surface area (Å²) in [6.07, 6.45) is 3.50. The molecule has 178 valence electrons. The maximum absolute atomic E-state index is 13.3. The summed E-state index contributed by atoms with van der Waals surface area (Å²) in [6, 6.07) is 19.7. The van der Waals surface area contributed by atoms with Crippen molar-refractivity contribution in [2.45, 2.75) is 6.92 Å². The van der Waals surface area contributed by atoms with Crippen LogP contribution in [0.4, 0.5) is 5.69 Å². The number of halogens is 1. The van der Waals surface area contributed by atoms with Gasteiger partial charge >= 0.3 is 0 Å². The average Bonchev–Trinajstić information content (AvgIpc) is 2.89. The number of benzene rings is 2. The van der Waals surface area contributed by atoms with Gasteiger partial charge < -0.3 is 10.2 Å². The van der Waals surface area contributed by atoms with E-state index in [0.717, 1.165) is 71.2 Å². The number of anilines is 1. The number of carbonyl (C=O) groups excluding carboxylic acids is 1. The number of piperazine rings is 1. The van der Waals surface area contributed by atoms with Gasteiger partial charge in [-0.3, -0.25) is 14.7 Å². The van der Waals surface area contributed by atoms with Gasteiger partial charge in [-0.15, -0.1) is 0 Å². The van der Waals surface area contributed by atoms with Crippen LogP contribution < -0.4 is 10.2 Å². The van der Waals surface area contributed by atoms with E-state index in [4.69, 9.17) is 16.6 Å². The highest BCUT2D eigenvalue weighted by atomic mass is 35.5. The van der Waals surface area contributed by atoms with Crippen LogP contribution in [0.5, 0.6) is 0 Å². The van der Waals surface area contributed by atoms with Crippen molar-refractivity contribution >= 4 is 34.1 Å². The monoisotopic (exact) mass is 485 g/mol. The van der Waals surface area contributed by atoms with Gasteiger partial charge in [-0.2, -0.15) is 0 Å². The minimum absolute atomic E-state index is 0.0781. The Morgan fingerprint density at radius 3 is 2.66 bits per heavy atom. The lowest BCUT2D eigenvalue weighted by molar-refractivity contribution is 0.0949. The van der Waals surface area contributed by atoms with Crippen LogP contribution in [0.3, 0.4) is 0 Å². The quantitative estimate of drug-likeness (QED) is 0.424. The molecule has 0 aliphatic carbocycles. The fourth-order valence-corrected chi connectivity index (χ4v) is 4.70. The molecule has 1 amide bonds. The number of hydrogen-bond donors (Lipinski definition) is 1. The van der Waals surface area contributed by atoms with E-state index in [2.05, 4.69) is 26.2 Å². The molecule has 35 heavy (non-hydrogen) atoms. The molecule has 1 saturated heterocycles. The van der Waals surface area contributed by atoms with Crippen LogP contribution in [-0.2, 0) is 0 Å². The minimum Gasteiger partial charge on any atom is -0.369 e. The summed E-state index contributed by atoms with van der Waals surface area (Å²) in [5.74, 6) is -0.0781. The Labute approximate surface area is 210 Å². The molecule has 1 N–H and O–H groups in total. The zero-order valence-corrected chi connectivity index (χ0v) is 20.5. The fraction of sp³-hybridized carbons (Fsp3) is 0.250. The Balaban J connectivity index is 1.24. The smallest absolute Gasteiger partial charge is 0.252 e. The number of aryl methyl sites for hydroxylation is 1. The standard InChI is InChI=1S/C28H28ClN5O/c1-20-7-8-26-24(16-20)25(18-27(32-26)21-4-3-9-30-19-21)28(35)31-10-11-33-12-14-34(15-13-33)23-6-2-5-22(29)17-23/h2-9,16-19H,10-15H2,1H3,(H,31,35). The highest BCUT2D eigenvalue weighted by Crippen LogP contribution is 2.25. The molecular formula is C28H28ClN5O. The Kier molecular flexibility index (Phi) is 6.93. The molecule has 5 rings (SSSR count). The van der Waals surface area contributed by atoms with Crippen LogP contribution >= 0.6 is 11.6 Å². The van der Waals surface area contributed by atoms with Crippen LogP contribution in [0.1, 0.15) is 15.9 Å². The topological polar surface area (TPSA) is 61.4 Å². The molecule has 0 radical (unpaired) electrons. The SMILES string of the molecule is Cc1ccc2nc(-c3cccnc3)cc(C(=O)NCCN3CCN(c4cccc(Cl)c4)CC3)c2c1. The number of carbonyl (C=O) groups is 1. The predicted octanol–water partition coefficient (Wildman–Crippen LogP) is 4.81. The number of hydrogen-bond acceptors (Lipinski definition) is 5.